The fourth-order valence-electron chi connectivity index (χ4n) is 1.96. The Hall–Kier alpha value is -2.69. The van der Waals surface area contributed by atoms with Crippen molar-refractivity contribution in [3.8, 4) is 17.1 Å². The van der Waals surface area contributed by atoms with E-state index < -0.39 is 0 Å². The van der Waals surface area contributed by atoms with Crippen molar-refractivity contribution in [1.82, 2.24) is 15.1 Å². The number of pyridine rings is 1. The molecule has 0 radical (unpaired) electrons. The number of nitrogens with zero attached hydrogens (tertiary/aromatic N) is 3. The second kappa shape index (κ2) is 5.75. The van der Waals surface area contributed by atoms with Gasteiger partial charge in [0.2, 0.25) is 5.82 Å². The number of benzene rings is 1. The lowest BCUT2D eigenvalue weighted by Gasteiger charge is -2.10. The minimum atomic E-state index is -0.315. The normalized spacial score (nSPS) is 12.1. The highest BCUT2D eigenvalue weighted by molar-refractivity contribution is 5.51. The standard InChI is InChI=1S/C16H15N3O2/c1-11-5-3-7-14(9-11)20-12(2)16-18-15(19-21-16)13-6-4-8-17-10-13/h3-10,12H,1-2H3. The first-order chi connectivity index (χ1) is 10.2. The van der Waals surface area contributed by atoms with Gasteiger partial charge in [-0.15, -0.1) is 0 Å². The predicted octanol–water partition coefficient (Wildman–Crippen LogP) is 3.58. The average molecular weight is 281 g/mol. The van der Waals surface area contributed by atoms with Crippen molar-refractivity contribution in [1.29, 1.82) is 0 Å². The molecule has 0 saturated heterocycles. The SMILES string of the molecule is Cc1cccc(OC(C)c2nc(-c3cccnc3)no2)c1. The molecule has 0 fully saturated rings. The first-order valence-corrected chi connectivity index (χ1v) is 6.70. The van der Waals surface area contributed by atoms with Gasteiger partial charge in [-0.1, -0.05) is 17.3 Å². The van der Waals surface area contributed by atoms with Crippen LogP contribution in [-0.2, 0) is 0 Å². The van der Waals surface area contributed by atoms with Crippen LogP contribution in [0.1, 0.15) is 24.5 Å². The Morgan fingerprint density at radius 3 is 2.86 bits per heavy atom. The maximum atomic E-state index is 5.82. The zero-order valence-corrected chi connectivity index (χ0v) is 11.9. The van der Waals surface area contributed by atoms with E-state index in [1.807, 2.05) is 50.2 Å². The van der Waals surface area contributed by atoms with E-state index in [4.69, 9.17) is 9.26 Å². The number of hydrogen-bond donors (Lipinski definition) is 0. The molecule has 1 aromatic carbocycles. The van der Waals surface area contributed by atoms with Crippen molar-refractivity contribution in [3.05, 3.63) is 60.2 Å². The molecule has 1 unspecified atom stereocenters. The van der Waals surface area contributed by atoms with Gasteiger partial charge in [-0.05, 0) is 43.7 Å². The Bertz CT molecular complexity index is 725. The molecule has 0 aliphatic heterocycles. The quantitative estimate of drug-likeness (QED) is 0.731. The molecule has 0 spiro atoms. The van der Waals surface area contributed by atoms with Crippen molar-refractivity contribution < 1.29 is 9.26 Å². The Morgan fingerprint density at radius 2 is 2.10 bits per heavy atom. The monoisotopic (exact) mass is 281 g/mol. The number of rotatable bonds is 4. The van der Waals surface area contributed by atoms with Gasteiger partial charge in [0.05, 0.1) is 0 Å². The Labute approximate surface area is 122 Å². The van der Waals surface area contributed by atoms with Gasteiger partial charge in [-0.25, -0.2) is 0 Å². The van der Waals surface area contributed by atoms with Gasteiger partial charge in [-0.3, -0.25) is 4.98 Å². The highest BCUT2D eigenvalue weighted by Gasteiger charge is 2.16. The van der Waals surface area contributed by atoms with E-state index in [9.17, 15) is 0 Å². The third-order valence-electron chi connectivity index (χ3n) is 3.01. The lowest BCUT2D eigenvalue weighted by Crippen LogP contribution is -2.03. The third kappa shape index (κ3) is 3.08. The number of aryl methyl sites for hydroxylation is 1. The Morgan fingerprint density at radius 1 is 1.19 bits per heavy atom. The molecule has 0 aliphatic carbocycles. The molecule has 5 heteroatoms. The van der Waals surface area contributed by atoms with Gasteiger partial charge >= 0.3 is 0 Å². The molecular formula is C16H15N3O2. The van der Waals surface area contributed by atoms with Crippen LogP contribution in [-0.4, -0.2) is 15.1 Å². The van der Waals surface area contributed by atoms with E-state index in [2.05, 4.69) is 15.1 Å². The highest BCUT2D eigenvalue weighted by Crippen LogP contribution is 2.23. The van der Waals surface area contributed by atoms with E-state index in [0.717, 1.165) is 16.9 Å². The first-order valence-electron chi connectivity index (χ1n) is 6.70. The maximum Gasteiger partial charge on any atom is 0.267 e. The molecule has 0 N–H and O–H groups in total. The molecule has 5 nitrogen and oxygen atoms in total. The third-order valence-corrected chi connectivity index (χ3v) is 3.01. The summed E-state index contributed by atoms with van der Waals surface area (Å²) in [5.41, 5.74) is 1.96. The van der Waals surface area contributed by atoms with Crippen molar-refractivity contribution in [3.63, 3.8) is 0 Å². The molecule has 3 aromatic rings. The van der Waals surface area contributed by atoms with E-state index in [-0.39, 0.29) is 6.10 Å². The molecule has 3 rings (SSSR count). The summed E-state index contributed by atoms with van der Waals surface area (Å²) in [6.45, 7) is 3.90. The molecular weight excluding hydrogens is 266 g/mol. The molecule has 1 atom stereocenters. The van der Waals surface area contributed by atoms with Gasteiger partial charge < -0.3 is 9.26 Å². The summed E-state index contributed by atoms with van der Waals surface area (Å²) < 4.78 is 11.1. The molecule has 0 amide bonds. The van der Waals surface area contributed by atoms with Crippen LogP contribution in [0.25, 0.3) is 11.4 Å². The van der Waals surface area contributed by atoms with E-state index in [1.54, 1.807) is 12.4 Å². The largest absolute Gasteiger partial charge is 0.481 e. The van der Waals surface area contributed by atoms with Crippen LogP contribution in [0.2, 0.25) is 0 Å². The van der Waals surface area contributed by atoms with Gasteiger partial charge in [0.1, 0.15) is 5.75 Å². The van der Waals surface area contributed by atoms with Crippen molar-refractivity contribution in [2.45, 2.75) is 20.0 Å². The van der Waals surface area contributed by atoms with E-state index in [1.165, 1.54) is 0 Å². The maximum absolute atomic E-state index is 5.82. The molecule has 0 bridgehead atoms. The molecule has 106 valence electrons. The van der Waals surface area contributed by atoms with Gasteiger partial charge in [-0.2, -0.15) is 4.98 Å². The summed E-state index contributed by atoms with van der Waals surface area (Å²) in [7, 11) is 0. The molecule has 0 saturated carbocycles. The molecule has 2 aromatic heterocycles. The smallest absolute Gasteiger partial charge is 0.267 e. The number of hydrogen-bond acceptors (Lipinski definition) is 5. The summed E-state index contributed by atoms with van der Waals surface area (Å²) in [6, 6.07) is 11.6. The van der Waals surface area contributed by atoms with Crippen LogP contribution in [0, 0.1) is 6.92 Å². The topological polar surface area (TPSA) is 61.0 Å². The van der Waals surface area contributed by atoms with Crippen LogP contribution in [0.4, 0.5) is 0 Å². The summed E-state index contributed by atoms with van der Waals surface area (Å²) in [4.78, 5) is 8.40. The summed E-state index contributed by atoms with van der Waals surface area (Å²) in [5, 5.41) is 3.96. The zero-order chi connectivity index (χ0) is 14.7. The number of ether oxygens (including phenoxy) is 1. The van der Waals surface area contributed by atoms with Crippen LogP contribution in [0.3, 0.4) is 0 Å². The zero-order valence-electron chi connectivity index (χ0n) is 11.9. The fraction of sp³-hybridized carbons (Fsp3) is 0.188. The van der Waals surface area contributed by atoms with Crippen LogP contribution >= 0.6 is 0 Å². The summed E-state index contributed by atoms with van der Waals surface area (Å²) in [6.07, 6.45) is 3.08. The summed E-state index contributed by atoms with van der Waals surface area (Å²) in [5.74, 6) is 1.73. The summed E-state index contributed by atoms with van der Waals surface area (Å²) >= 11 is 0. The average Bonchev–Trinajstić information content (AvgIpc) is 2.98. The van der Waals surface area contributed by atoms with Crippen LogP contribution in [0.15, 0.2) is 53.3 Å². The van der Waals surface area contributed by atoms with Gasteiger partial charge in [0, 0.05) is 18.0 Å². The Balaban J connectivity index is 1.77. The van der Waals surface area contributed by atoms with Crippen molar-refractivity contribution in [2.24, 2.45) is 0 Å². The second-order valence-electron chi connectivity index (χ2n) is 4.77. The van der Waals surface area contributed by atoms with Crippen molar-refractivity contribution >= 4 is 0 Å². The predicted molar refractivity (Wildman–Crippen MR) is 77.8 cm³/mol. The molecule has 2 heterocycles. The van der Waals surface area contributed by atoms with Crippen molar-refractivity contribution in [2.75, 3.05) is 0 Å². The number of aromatic nitrogens is 3. The van der Waals surface area contributed by atoms with Gasteiger partial charge in [0.25, 0.3) is 5.89 Å². The van der Waals surface area contributed by atoms with E-state index >= 15 is 0 Å². The van der Waals surface area contributed by atoms with E-state index in [0.29, 0.717) is 11.7 Å². The fourth-order valence-corrected chi connectivity index (χ4v) is 1.96. The lowest BCUT2D eigenvalue weighted by molar-refractivity contribution is 0.175. The first kappa shape index (κ1) is 13.3. The Kier molecular flexibility index (Phi) is 3.64. The lowest BCUT2D eigenvalue weighted by atomic mass is 10.2. The molecule has 0 aliphatic rings. The van der Waals surface area contributed by atoms with Crippen LogP contribution in [0.5, 0.6) is 5.75 Å². The highest BCUT2D eigenvalue weighted by atomic mass is 16.5. The second-order valence-corrected chi connectivity index (χ2v) is 4.77. The van der Waals surface area contributed by atoms with Gasteiger partial charge in [0.15, 0.2) is 6.10 Å². The minimum absolute atomic E-state index is 0.315. The molecule has 21 heavy (non-hydrogen) atoms. The van der Waals surface area contributed by atoms with Crippen LogP contribution < -0.4 is 4.74 Å². The minimum Gasteiger partial charge on any atom is -0.481 e.